The highest BCUT2D eigenvalue weighted by atomic mass is 19.3. The lowest BCUT2D eigenvalue weighted by atomic mass is 9.77. The van der Waals surface area contributed by atoms with E-state index in [1.165, 1.54) is 0 Å². The summed E-state index contributed by atoms with van der Waals surface area (Å²) in [4.78, 5) is 17.1. The summed E-state index contributed by atoms with van der Waals surface area (Å²) in [6, 6.07) is 12.1. The van der Waals surface area contributed by atoms with Gasteiger partial charge in [-0.3, -0.25) is 9.78 Å². The first-order valence-corrected chi connectivity index (χ1v) is 9.58. The van der Waals surface area contributed by atoms with Crippen LogP contribution in [0.5, 0.6) is 0 Å². The number of aromatic nitrogens is 1. The molecule has 2 heterocycles. The molecule has 3 atom stereocenters. The first kappa shape index (κ1) is 18.9. The molecule has 2 aromatic rings. The van der Waals surface area contributed by atoms with Crippen LogP contribution < -0.4 is 10.6 Å². The van der Waals surface area contributed by atoms with Crippen molar-refractivity contribution < 1.29 is 23.3 Å². The second-order valence-electron chi connectivity index (χ2n) is 7.74. The van der Waals surface area contributed by atoms with E-state index in [-0.39, 0.29) is 31.1 Å². The molecule has 0 radical (unpaired) electrons. The van der Waals surface area contributed by atoms with Gasteiger partial charge in [0.05, 0.1) is 11.7 Å². The molecule has 2 fully saturated rings. The van der Waals surface area contributed by atoms with Gasteiger partial charge in [-0.2, -0.15) is 0 Å². The van der Waals surface area contributed by atoms with Crippen molar-refractivity contribution in [2.45, 2.75) is 49.4 Å². The van der Waals surface area contributed by atoms with Crippen LogP contribution in [0.3, 0.4) is 0 Å². The third kappa shape index (κ3) is 4.04. The lowest BCUT2D eigenvalue weighted by molar-refractivity contribution is -0.659. The minimum atomic E-state index is -2.57. The summed E-state index contributed by atoms with van der Waals surface area (Å²) in [6.07, 6.45) is 0.569. The quantitative estimate of drug-likeness (QED) is 0.824. The van der Waals surface area contributed by atoms with E-state index >= 15 is 0 Å². The largest absolute Gasteiger partial charge is 0.338 e. The Hall–Kier alpha value is -2.41. The summed E-state index contributed by atoms with van der Waals surface area (Å²) in [5.41, 5.74) is 2.28. The van der Waals surface area contributed by atoms with Gasteiger partial charge in [0.1, 0.15) is 6.54 Å². The van der Waals surface area contributed by atoms with Crippen molar-refractivity contribution in [2.24, 2.45) is 0 Å². The summed E-state index contributed by atoms with van der Waals surface area (Å²) in [7, 11) is 0. The molecule has 1 saturated carbocycles. The first-order valence-electron chi connectivity index (χ1n) is 9.58. The van der Waals surface area contributed by atoms with Crippen molar-refractivity contribution >= 4 is 5.91 Å². The van der Waals surface area contributed by atoms with Gasteiger partial charge in [-0.05, 0) is 23.1 Å². The van der Waals surface area contributed by atoms with Gasteiger partial charge in [0.25, 0.3) is 5.91 Å². The second-order valence-corrected chi connectivity index (χ2v) is 7.74. The van der Waals surface area contributed by atoms with E-state index in [0.717, 1.165) is 11.1 Å². The zero-order chi connectivity index (χ0) is 19.7. The highest BCUT2D eigenvalue weighted by Crippen LogP contribution is 2.48. The van der Waals surface area contributed by atoms with Crippen LogP contribution in [-0.4, -0.2) is 35.6 Å². The molecule has 28 heavy (non-hydrogen) atoms. The number of hydrogen-bond donors (Lipinski definition) is 2. The molecule has 1 aromatic carbocycles. The van der Waals surface area contributed by atoms with E-state index in [0.29, 0.717) is 12.2 Å². The SMILES string of the molecule is O=C(N[C@@H](c1ccccc1)c1ccc(C2CC(F)(F)C2)cn1)[C@@H]1C[C@@H](F)C[NH2+]1. The number of carbonyl (C=O) groups is 1. The van der Waals surface area contributed by atoms with Gasteiger partial charge in [0, 0.05) is 25.5 Å². The number of amides is 1. The standard InChI is InChI=1S/C21H22F3N3O/c22-16-8-18(26-12-16)20(28)27-19(13-4-2-1-3-5-13)17-7-6-14(11-25-17)15-9-21(23,24)10-15/h1-7,11,15-16,18-19,26H,8-10,12H2,(H,27,28)/p+1/t16-,18+,19+/m1/s1. The Balaban J connectivity index is 1.53. The van der Waals surface area contributed by atoms with Crippen LogP contribution in [0, 0.1) is 0 Å². The van der Waals surface area contributed by atoms with Crippen LogP contribution in [0.15, 0.2) is 48.7 Å². The number of benzene rings is 1. The summed E-state index contributed by atoms with van der Waals surface area (Å²) in [5.74, 6) is -2.97. The minimum absolute atomic E-state index is 0.144. The van der Waals surface area contributed by atoms with Crippen LogP contribution in [0.1, 0.15) is 48.0 Å². The number of nitrogens with one attached hydrogen (secondary N) is 1. The van der Waals surface area contributed by atoms with Crippen molar-refractivity contribution in [3.8, 4) is 0 Å². The molecule has 1 amide bonds. The van der Waals surface area contributed by atoms with Gasteiger partial charge in [-0.25, -0.2) is 13.2 Å². The summed E-state index contributed by atoms with van der Waals surface area (Å²) in [6.45, 7) is 0.299. The summed E-state index contributed by atoms with van der Waals surface area (Å²) in [5, 5.41) is 4.70. The third-order valence-corrected chi connectivity index (χ3v) is 5.61. The van der Waals surface area contributed by atoms with Gasteiger partial charge in [0.2, 0.25) is 5.92 Å². The molecule has 4 nitrogen and oxygen atoms in total. The van der Waals surface area contributed by atoms with Crippen LogP contribution in [0.25, 0.3) is 0 Å². The van der Waals surface area contributed by atoms with Gasteiger partial charge in [-0.15, -0.1) is 0 Å². The number of quaternary nitrogens is 1. The fourth-order valence-corrected chi connectivity index (χ4v) is 3.94. The number of nitrogens with zero attached hydrogens (tertiary/aromatic N) is 1. The fourth-order valence-electron chi connectivity index (χ4n) is 3.94. The lowest BCUT2D eigenvalue weighted by Gasteiger charge is -2.35. The van der Waals surface area contributed by atoms with Crippen molar-refractivity contribution in [3.05, 3.63) is 65.5 Å². The molecule has 1 aromatic heterocycles. The molecule has 0 bridgehead atoms. The molecule has 1 saturated heterocycles. The van der Waals surface area contributed by atoms with Gasteiger partial charge >= 0.3 is 0 Å². The first-order chi connectivity index (χ1) is 13.4. The number of carbonyl (C=O) groups excluding carboxylic acids is 1. The Morgan fingerprint density at radius 1 is 1.18 bits per heavy atom. The van der Waals surface area contributed by atoms with Gasteiger partial charge in [0.15, 0.2) is 12.2 Å². The molecule has 4 rings (SSSR count). The number of alkyl halides is 3. The van der Waals surface area contributed by atoms with E-state index in [1.54, 1.807) is 17.6 Å². The van der Waals surface area contributed by atoms with Crippen molar-refractivity contribution in [3.63, 3.8) is 0 Å². The van der Waals surface area contributed by atoms with Crippen LogP contribution >= 0.6 is 0 Å². The lowest BCUT2D eigenvalue weighted by Crippen LogP contribution is -2.89. The second kappa shape index (κ2) is 7.54. The van der Waals surface area contributed by atoms with Crippen molar-refractivity contribution in [2.75, 3.05) is 6.54 Å². The number of halogens is 3. The number of nitrogens with two attached hydrogens (primary N) is 1. The average Bonchev–Trinajstić information content (AvgIpc) is 3.11. The maximum Gasteiger partial charge on any atom is 0.279 e. The molecule has 1 aliphatic heterocycles. The van der Waals surface area contributed by atoms with Crippen molar-refractivity contribution in [1.82, 2.24) is 10.3 Å². The maximum atomic E-state index is 13.5. The summed E-state index contributed by atoms with van der Waals surface area (Å²) < 4.78 is 39.7. The molecule has 3 N–H and O–H groups in total. The third-order valence-electron chi connectivity index (χ3n) is 5.61. The smallest absolute Gasteiger partial charge is 0.279 e. The maximum absolute atomic E-state index is 13.5. The molecule has 148 valence electrons. The monoisotopic (exact) mass is 390 g/mol. The Morgan fingerprint density at radius 2 is 1.93 bits per heavy atom. The van der Waals surface area contributed by atoms with E-state index < -0.39 is 24.2 Å². The number of pyridine rings is 1. The zero-order valence-corrected chi connectivity index (χ0v) is 15.3. The van der Waals surface area contributed by atoms with Crippen LogP contribution in [-0.2, 0) is 4.79 Å². The Bertz CT molecular complexity index is 821. The Labute approximate surface area is 161 Å². The van der Waals surface area contributed by atoms with Crippen LogP contribution in [0.2, 0.25) is 0 Å². The number of hydrogen-bond acceptors (Lipinski definition) is 2. The normalized spacial score (nSPS) is 25.1. The van der Waals surface area contributed by atoms with Crippen molar-refractivity contribution in [1.29, 1.82) is 0 Å². The van der Waals surface area contributed by atoms with E-state index in [2.05, 4.69) is 10.3 Å². The minimum Gasteiger partial charge on any atom is -0.338 e. The molecule has 2 aliphatic rings. The highest BCUT2D eigenvalue weighted by Gasteiger charge is 2.46. The fraction of sp³-hybridized carbons (Fsp3) is 0.429. The van der Waals surface area contributed by atoms with E-state index in [1.807, 2.05) is 36.4 Å². The average molecular weight is 390 g/mol. The summed E-state index contributed by atoms with van der Waals surface area (Å²) >= 11 is 0. The van der Waals surface area contributed by atoms with Gasteiger partial charge in [-0.1, -0.05) is 36.4 Å². The topological polar surface area (TPSA) is 58.6 Å². The Morgan fingerprint density at radius 3 is 2.50 bits per heavy atom. The van der Waals surface area contributed by atoms with E-state index in [9.17, 15) is 18.0 Å². The molecular weight excluding hydrogens is 367 g/mol. The molecule has 1 aliphatic carbocycles. The molecule has 0 unspecified atom stereocenters. The predicted molar refractivity (Wildman–Crippen MR) is 97.7 cm³/mol. The molecule has 7 heteroatoms. The van der Waals surface area contributed by atoms with Gasteiger partial charge < -0.3 is 10.6 Å². The highest BCUT2D eigenvalue weighted by molar-refractivity contribution is 5.81. The molecule has 0 spiro atoms. The van der Waals surface area contributed by atoms with E-state index in [4.69, 9.17) is 0 Å². The zero-order valence-electron chi connectivity index (χ0n) is 15.3. The Kier molecular flexibility index (Phi) is 5.10. The predicted octanol–water partition coefficient (Wildman–Crippen LogP) is 2.47. The number of rotatable bonds is 5. The molecular formula is C21H23F3N3O+. The van der Waals surface area contributed by atoms with Crippen LogP contribution in [0.4, 0.5) is 13.2 Å².